The van der Waals surface area contributed by atoms with Gasteiger partial charge >= 0.3 is 0 Å². The van der Waals surface area contributed by atoms with Crippen molar-refractivity contribution in [2.24, 2.45) is 0 Å². The number of rotatable bonds is 63. The van der Waals surface area contributed by atoms with Crippen LogP contribution in [0, 0.1) is 0 Å². The second-order valence-electron chi connectivity index (χ2n) is 26.8. The molecule has 2 aliphatic rings. The third-order valence-electron chi connectivity index (χ3n) is 18.3. The Morgan fingerprint density at radius 3 is 1.13 bits per heavy atom. The summed E-state index contributed by atoms with van der Waals surface area (Å²) in [5, 5.41) is 87.8. The highest BCUT2D eigenvalue weighted by Crippen LogP contribution is 2.30. The number of allylic oxidation sites excluding steroid dienone is 16. The van der Waals surface area contributed by atoms with Crippen molar-refractivity contribution in [2.45, 2.75) is 383 Å². The van der Waals surface area contributed by atoms with E-state index in [2.05, 4.69) is 116 Å². The number of hydrogen-bond donors (Lipinski definition) is 9. The van der Waals surface area contributed by atoms with Crippen molar-refractivity contribution in [1.82, 2.24) is 5.32 Å². The van der Waals surface area contributed by atoms with Crippen LogP contribution in [0.1, 0.15) is 309 Å². The van der Waals surface area contributed by atoms with Crippen LogP contribution in [0.25, 0.3) is 0 Å². The first kappa shape index (κ1) is 87.0. The molecule has 94 heavy (non-hydrogen) atoms. The summed E-state index contributed by atoms with van der Waals surface area (Å²) in [5.41, 5.74) is 0. The minimum absolute atomic E-state index is 0.215. The molecule has 0 aromatic heterocycles. The molecule has 2 saturated heterocycles. The SMILES string of the molecule is CC/C=C\C/C=C\C/C=C\C/C=C\C/C=C\C/C=C\C/C=C\C/C=C\CCCCCCCCCCC(=O)NC(COC1OC(CO)C(OC2OC(CO)C(O)C(O)C2O)C(O)C1O)C(O)CCCCCCCCCCCCCCCCCCCCCCCCCCCCC. The summed E-state index contributed by atoms with van der Waals surface area (Å²) in [4.78, 5) is 13.4. The van der Waals surface area contributed by atoms with Crippen LogP contribution >= 0.6 is 0 Å². The largest absolute Gasteiger partial charge is 0.394 e. The number of carbonyl (C=O) groups is 1. The molecule has 0 aliphatic carbocycles. The van der Waals surface area contributed by atoms with E-state index in [1.54, 1.807) is 0 Å². The smallest absolute Gasteiger partial charge is 0.220 e. The van der Waals surface area contributed by atoms with Crippen LogP contribution in [0.4, 0.5) is 0 Å². The molecule has 0 radical (unpaired) electrons. The third kappa shape index (κ3) is 46.2. The van der Waals surface area contributed by atoms with E-state index >= 15 is 0 Å². The highest BCUT2D eigenvalue weighted by Gasteiger charge is 2.51. The number of aliphatic hydroxyl groups is 8. The van der Waals surface area contributed by atoms with Gasteiger partial charge in [0.1, 0.15) is 48.8 Å². The van der Waals surface area contributed by atoms with E-state index < -0.39 is 86.8 Å². The van der Waals surface area contributed by atoms with Gasteiger partial charge in [0.25, 0.3) is 0 Å². The van der Waals surface area contributed by atoms with Gasteiger partial charge in [-0.1, -0.05) is 323 Å². The van der Waals surface area contributed by atoms with Gasteiger partial charge in [-0.3, -0.25) is 4.79 Å². The van der Waals surface area contributed by atoms with Gasteiger partial charge in [0.05, 0.1) is 32.0 Å². The number of nitrogens with one attached hydrogen (secondary N) is 1. The highest BCUT2D eigenvalue weighted by atomic mass is 16.7. The van der Waals surface area contributed by atoms with Gasteiger partial charge in [0.2, 0.25) is 5.91 Å². The van der Waals surface area contributed by atoms with E-state index in [4.69, 9.17) is 18.9 Å². The molecule has 0 bridgehead atoms. The number of amides is 1. The molecule has 1 amide bonds. The Labute approximate surface area is 573 Å². The summed E-state index contributed by atoms with van der Waals surface area (Å²) in [7, 11) is 0. The predicted octanol–water partition coefficient (Wildman–Crippen LogP) is 16.9. The maximum atomic E-state index is 13.4. The van der Waals surface area contributed by atoms with Gasteiger partial charge in [-0.05, 0) is 77.0 Å². The lowest BCUT2D eigenvalue weighted by Crippen LogP contribution is -2.65. The Hall–Kier alpha value is -3.09. The minimum Gasteiger partial charge on any atom is -0.394 e. The van der Waals surface area contributed by atoms with Crippen LogP contribution in [-0.2, 0) is 23.7 Å². The molecule has 0 spiro atoms. The Morgan fingerprint density at radius 1 is 0.394 bits per heavy atom. The molecular weight excluding hydrogens is 1180 g/mol. The molecule has 12 unspecified atom stereocenters. The number of ether oxygens (including phenoxy) is 4. The van der Waals surface area contributed by atoms with Crippen molar-refractivity contribution in [3.63, 3.8) is 0 Å². The molecule has 2 fully saturated rings. The summed E-state index contributed by atoms with van der Waals surface area (Å²) in [6, 6.07) is -0.842. The molecule has 9 N–H and O–H groups in total. The molecule has 0 saturated carbocycles. The van der Waals surface area contributed by atoms with Crippen LogP contribution in [0.2, 0.25) is 0 Å². The number of hydrogen-bond acceptors (Lipinski definition) is 13. The van der Waals surface area contributed by atoms with E-state index in [0.717, 1.165) is 103 Å². The number of aliphatic hydroxyl groups excluding tert-OH is 8. The molecule has 2 aliphatic heterocycles. The molecule has 2 rings (SSSR count). The van der Waals surface area contributed by atoms with E-state index in [1.165, 1.54) is 173 Å². The van der Waals surface area contributed by atoms with Crippen molar-refractivity contribution in [1.29, 1.82) is 0 Å². The molecule has 14 nitrogen and oxygen atoms in total. The van der Waals surface area contributed by atoms with Gasteiger partial charge in [0, 0.05) is 6.42 Å². The maximum Gasteiger partial charge on any atom is 0.220 e. The second kappa shape index (κ2) is 63.4. The predicted molar refractivity (Wildman–Crippen MR) is 387 cm³/mol. The average molecular weight is 1330 g/mol. The normalized spacial score (nSPS) is 23.0. The van der Waals surface area contributed by atoms with E-state index in [0.29, 0.717) is 12.8 Å². The van der Waals surface area contributed by atoms with Gasteiger partial charge in [-0.25, -0.2) is 0 Å². The zero-order valence-corrected chi connectivity index (χ0v) is 59.4. The van der Waals surface area contributed by atoms with Gasteiger partial charge in [-0.2, -0.15) is 0 Å². The molecule has 0 aromatic rings. The first-order valence-electron chi connectivity index (χ1n) is 38.5. The van der Waals surface area contributed by atoms with Crippen molar-refractivity contribution in [2.75, 3.05) is 19.8 Å². The Balaban J connectivity index is 1.65. The summed E-state index contributed by atoms with van der Waals surface area (Å²) in [5.74, 6) is -0.215. The molecule has 12 atom stereocenters. The van der Waals surface area contributed by atoms with Crippen LogP contribution in [0.3, 0.4) is 0 Å². The quantitative estimate of drug-likeness (QED) is 0.0204. The van der Waals surface area contributed by atoms with Crippen molar-refractivity contribution < 1.29 is 64.6 Å². The van der Waals surface area contributed by atoms with Crippen molar-refractivity contribution in [3.8, 4) is 0 Å². The van der Waals surface area contributed by atoms with E-state index in [9.17, 15) is 45.6 Å². The van der Waals surface area contributed by atoms with Crippen LogP contribution in [0.15, 0.2) is 97.2 Å². The number of carbonyl (C=O) groups excluding carboxylic acids is 1. The summed E-state index contributed by atoms with van der Waals surface area (Å²) in [6.07, 6.45) is 72.8. The van der Waals surface area contributed by atoms with Crippen LogP contribution in [-0.4, -0.2) is 140 Å². The zero-order valence-electron chi connectivity index (χ0n) is 59.4. The van der Waals surface area contributed by atoms with Gasteiger partial charge in [-0.15, -0.1) is 0 Å². The lowest BCUT2D eigenvalue weighted by molar-refractivity contribution is -0.359. The second-order valence-corrected chi connectivity index (χ2v) is 26.8. The lowest BCUT2D eigenvalue weighted by Gasteiger charge is -2.46. The summed E-state index contributed by atoms with van der Waals surface area (Å²) < 4.78 is 23.0. The lowest BCUT2D eigenvalue weighted by atomic mass is 9.97. The third-order valence-corrected chi connectivity index (χ3v) is 18.3. The molecule has 0 aromatic carbocycles. The van der Waals surface area contributed by atoms with Crippen LogP contribution < -0.4 is 5.32 Å². The number of unbranched alkanes of at least 4 members (excludes halogenated alkanes) is 34. The maximum absolute atomic E-state index is 13.4. The fraction of sp³-hybridized carbons (Fsp3) is 0.787. The molecule has 544 valence electrons. The minimum atomic E-state index is -1.79. The molecular formula is C80H141NO13. The highest BCUT2D eigenvalue weighted by molar-refractivity contribution is 5.76. The first-order valence-corrected chi connectivity index (χ1v) is 38.5. The van der Waals surface area contributed by atoms with Crippen molar-refractivity contribution >= 4 is 5.91 Å². The first-order chi connectivity index (χ1) is 46.1. The standard InChI is InChI=1S/C80H141NO13/c1-3-5-7-9-11-13-15-17-19-21-23-25-27-29-31-32-33-34-35-36-38-40-42-44-46-48-50-52-54-56-58-60-62-64-72(85)81-68(67-91-79-77(90)75(88)78(71(66-83)93-79)94-80-76(89)74(87)73(86)70(65-82)92-80)69(84)63-61-59-57-55-53-51-49-47-45-43-41-39-37-30-28-26-24-22-20-18-16-14-12-10-8-6-4-2/h5,7,11,13,17,19,23,25,29,31,33-34,36,38,42,44,68-71,73-80,82-84,86-90H,3-4,6,8-10,12,14-16,18,20-22,24,26-28,30,32,35,37,39-41,43,45-67H2,1-2H3,(H,81,85)/b7-5-,13-11-,19-17-,25-23-,31-29-,34-33-,38-36-,44-42-. The average Bonchev–Trinajstić information content (AvgIpc) is 0.794. The Morgan fingerprint density at radius 2 is 0.734 bits per heavy atom. The van der Waals surface area contributed by atoms with Gasteiger partial charge < -0.3 is 65.1 Å². The van der Waals surface area contributed by atoms with Crippen LogP contribution in [0.5, 0.6) is 0 Å². The zero-order chi connectivity index (χ0) is 68.0. The molecule has 14 heteroatoms. The van der Waals surface area contributed by atoms with Gasteiger partial charge in [0.15, 0.2) is 12.6 Å². The Kier molecular flexibility index (Phi) is 58.6. The summed E-state index contributed by atoms with van der Waals surface area (Å²) in [6.45, 7) is 2.78. The molecule has 2 heterocycles. The topological polar surface area (TPSA) is 228 Å². The fourth-order valence-electron chi connectivity index (χ4n) is 12.3. The monoisotopic (exact) mass is 1320 g/mol. The van der Waals surface area contributed by atoms with Crippen molar-refractivity contribution in [3.05, 3.63) is 97.2 Å². The Bertz CT molecular complexity index is 1950. The van der Waals surface area contributed by atoms with E-state index in [-0.39, 0.29) is 18.9 Å². The summed E-state index contributed by atoms with van der Waals surface area (Å²) >= 11 is 0. The fourth-order valence-corrected chi connectivity index (χ4v) is 12.3. The van der Waals surface area contributed by atoms with E-state index in [1.807, 2.05) is 0 Å².